The second-order valence-electron chi connectivity index (χ2n) is 4.76. The van der Waals surface area contributed by atoms with Gasteiger partial charge in [0, 0.05) is 17.2 Å². The molecule has 1 N–H and O–H groups in total. The molecule has 1 aliphatic rings. The summed E-state index contributed by atoms with van der Waals surface area (Å²) >= 11 is 0. The highest BCUT2D eigenvalue weighted by atomic mass is 19.1. The minimum absolute atomic E-state index is 0.0600. The van der Waals surface area contributed by atoms with E-state index in [1.807, 2.05) is 0 Å². The Kier molecular flexibility index (Phi) is 3.24. The van der Waals surface area contributed by atoms with Crippen molar-refractivity contribution >= 4 is 0 Å². The Morgan fingerprint density at radius 1 is 1.44 bits per heavy atom. The first-order valence-electron chi connectivity index (χ1n) is 5.96. The SMILES string of the molecule is CCC1(C(O)c2cncc(F)c2)CCCC1. The van der Waals surface area contributed by atoms with Gasteiger partial charge in [0.25, 0.3) is 0 Å². The van der Waals surface area contributed by atoms with E-state index in [1.54, 1.807) is 6.20 Å². The first kappa shape index (κ1) is 11.5. The second kappa shape index (κ2) is 4.50. The average molecular weight is 223 g/mol. The monoisotopic (exact) mass is 223 g/mol. The van der Waals surface area contributed by atoms with Crippen molar-refractivity contribution in [1.82, 2.24) is 4.98 Å². The summed E-state index contributed by atoms with van der Waals surface area (Å²) in [6.45, 7) is 2.10. The number of halogens is 1. The van der Waals surface area contributed by atoms with Crippen molar-refractivity contribution in [1.29, 1.82) is 0 Å². The predicted octanol–water partition coefficient (Wildman–Crippen LogP) is 3.22. The van der Waals surface area contributed by atoms with Gasteiger partial charge in [-0.3, -0.25) is 4.98 Å². The first-order chi connectivity index (χ1) is 7.68. The smallest absolute Gasteiger partial charge is 0.141 e. The van der Waals surface area contributed by atoms with Crippen LogP contribution in [0, 0.1) is 11.2 Å². The molecule has 0 bridgehead atoms. The van der Waals surface area contributed by atoms with Crippen LogP contribution in [0.15, 0.2) is 18.5 Å². The molecule has 3 heteroatoms. The predicted molar refractivity (Wildman–Crippen MR) is 60.3 cm³/mol. The lowest BCUT2D eigenvalue weighted by molar-refractivity contribution is 0.0233. The lowest BCUT2D eigenvalue weighted by atomic mass is 9.75. The molecule has 0 aliphatic heterocycles. The maximum atomic E-state index is 13.1. The van der Waals surface area contributed by atoms with E-state index in [0.29, 0.717) is 5.56 Å². The largest absolute Gasteiger partial charge is 0.388 e. The van der Waals surface area contributed by atoms with Gasteiger partial charge < -0.3 is 5.11 Å². The summed E-state index contributed by atoms with van der Waals surface area (Å²) in [6.07, 6.45) is 7.48. The molecule has 0 amide bonds. The van der Waals surface area contributed by atoms with Crippen LogP contribution in [0.25, 0.3) is 0 Å². The number of rotatable bonds is 3. The van der Waals surface area contributed by atoms with Crippen LogP contribution in [0.5, 0.6) is 0 Å². The van der Waals surface area contributed by atoms with Gasteiger partial charge in [-0.05, 0) is 25.3 Å². The van der Waals surface area contributed by atoms with Crippen molar-refractivity contribution in [2.45, 2.75) is 45.1 Å². The van der Waals surface area contributed by atoms with Gasteiger partial charge in [-0.2, -0.15) is 0 Å². The molecule has 1 aromatic heterocycles. The van der Waals surface area contributed by atoms with E-state index >= 15 is 0 Å². The van der Waals surface area contributed by atoms with E-state index in [-0.39, 0.29) is 11.2 Å². The molecule has 0 saturated heterocycles. The van der Waals surface area contributed by atoms with Gasteiger partial charge in [-0.25, -0.2) is 4.39 Å². The number of aliphatic hydroxyl groups is 1. The van der Waals surface area contributed by atoms with Crippen LogP contribution in [0.4, 0.5) is 4.39 Å². The fourth-order valence-electron chi connectivity index (χ4n) is 2.83. The molecule has 0 spiro atoms. The van der Waals surface area contributed by atoms with E-state index in [4.69, 9.17) is 0 Å². The molecule has 1 fully saturated rings. The maximum Gasteiger partial charge on any atom is 0.141 e. The fourth-order valence-corrected chi connectivity index (χ4v) is 2.83. The topological polar surface area (TPSA) is 33.1 Å². The summed E-state index contributed by atoms with van der Waals surface area (Å²) in [6, 6.07) is 1.40. The Balaban J connectivity index is 2.26. The maximum absolute atomic E-state index is 13.1. The van der Waals surface area contributed by atoms with E-state index in [2.05, 4.69) is 11.9 Å². The van der Waals surface area contributed by atoms with E-state index < -0.39 is 6.10 Å². The normalized spacial score (nSPS) is 20.9. The molecule has 1 aromatic rings. The van der Waals surface area contributed by atoms with Crippen molar-refractivity contribution in [3.63, 3.8) is 0 Å². The minimum atomic E-state index is -0.580. The lowest BCUT2D eigenvalue weighted by Gasteiger charge is -2.33. The lowest BCUT2D eigenvalue weighted by Crippen LogP contribution is -2.25. The van der Waals surface area contributed by atoms with Gasteiger partial charge in [0.2, 0.25) is 0 Å². The molecule has 1 aliphatic carbocycles. The Labute approximate surface area is 95.5 Å². The van der Waals surface area contributed by atoms with E-state index in [1.165, 1.54) is 12.3 Å². The third-order valence-electron chi connectivity index (χ3n) is 3.93. The zero-order valence-electron chi connectivity index (χ0n) is 9.62. The number of aliphatic hydroxyl groups excluding tert-OH is 1. The molecule has 2 nitrogen and oxygen atoms in total. The molecule has 16 heavy (non-hydrogen) atoms. The van der Waals surface area contributed by atoms with Gasteiger partial charge >= 0.3 is 0 Å². The Morgan fingerprint density at radius 2 is 2.12 bits per heavy atom. The van der Waals surface area contributed by atoms with Crippen molar-refractivity contribution in [2.75, 3.05) is 0 Å². The quantitative estimate of drug-likeness (QED) is 0.853. The van der Waals surface area contributed by atoms with Crippen molar-refractivity contribution < 1.29 is 9.50 Å². The van der Waals surface area contributed by atoms with Gasteiger partial charge in [0.1, 0.15) is 5.82 Å². The number of aromatic nitrogens is 1. The molecule has 0 radical (unpaired) electrons. The van der Waals surface area contributed by atoms with Crippen LogP contribution in [0.3, 0.4) is 0 Å². The summed E-state index contributed by atoms with van der Waals surface area (Å²) in [4.78, 5) is 3.81. The van der Waals surface area contributed by atoms with Crippen LogP contribution >= 0.6 is 0 Å². The number of hydrogen-bond acceptors (Lipinski definition) is 2. The summed E-state index contributed by atoms with van der Waals surface area (Å²) in [5, 5.41) is 10.4. The standard InChI is InChI=1S/C13H18FNO/c1-2-13(5-3-4-6-13)12(16)10-7-11(14)9-15-8-10/h7-9,12,16H,2-6H2,1H3. The number of hydrogen-bond donors (Lipinski definition) is 1. The van der Waals surface area contributed by atoms with Crippen LogP contribution in [0.1, 0.15) is 50.7 Å². The van der Waals surface area contributed by atoms with Crippen molar-refractivity contribution in [3.8, 4) is 0 Å². The van der Waals surface area contributed by atoms with Gasteiger partial charge in [-0.15, -0.1) is 0 Å². The average Bonchev–Trinajstić information content (AvgIpc) is 2.78. The molecular weight excluding hydrogens is 205 g/mol. The molecule has 1 unspecified atom stereocenters. The molecule has 0 aromatic carbocycles. The molecule has 88 valence electrons. The zero-order valence-corrected chi connectivity index (χ0v) is 9.62. The Morgan fingerprint density at radius 3 is 2.69 bits per heavy atom. The van der Waals surface area contributed by atoms with E-state index in [0.717, 1.165) is 32.1 Å². The molecule has 1 atom stereocenters. The highest BCUT2D eigenvalue weighted by Gasteiger charge is 2.39. The third-order valence-corrected chi connectivity index (χ3v) is 3.93. The summed E-state index contributed by atoms with van der Waals surface area (Å²) in [5.74, 6) is -0.374. The molecular formula is C13H18FNO. The summed E-state index contributed by atoms with van der Waals surface area (Å²) in [5.41, 5.74) is 0.555. The van der Waals surface area contributed by atoms with Gasteiger partial charge in [0.05, 0.1) is 12.3 Å². The fraction of sp³-hybridized carbons (Fsp3) is 0.615. The number of nitrogens with zero attached hydrogens (tertiary/aromatic N) is 1. The van der Waals surface area contributed by atoms with Crippen LogP contribution in [-0.2, 0) is 0 Å². The Hall–Kier alpha value is -0.960. The minimum Gasteiger partial charge on any atom is -0.388 e. The van der Waals surface area contributed by atoms with E-state index in [9.17, 15) is 9.50 Å². The highest BCUT2D eigenvalue weighted by molar-refractivity contribution is 5.16. The number of pyridine rings is 1. The van der Waals surface area contributed by atoms with Crippen LogP contribution < -0.4 is 0 Å². The first-order valence-corrected chi connectivity index (χ1v) is 5.96. The highest BCUT2D eigenvalue weighted by Crippen LogP contribution is 2.49. The summed E-state index contributed by atoms with van der Waals surface area (Å²) < 4.78 is 13.1. The van der Waals surface area contributed by atoms with Crippen molar-refractivity contribution in [2.24, 2.45) is 5.41 Å². The Bertz CT molecular complexity index is 361. The zero-order chi connectivity index (χ0) is 11.6. The third kappa shape index (κ3) is 1.96. The van der Waals surface area contributed by atoms with Gasteiger partial charge in [0.15, 0.2) is 0 Å². The van der Waals surface area contributed by atoms with Crippen LogP contribution in [0.2, 0.25) is 0 Å². The molecule has 2 rings (SSSR count). The van der Waals surface area contributed by atoms with Gasteiger partial charge in [-0.1, -0.05) is 19.8 Å². The second-order valence-corrected chi connectivity index (χ2v) is 4.76. The van der Waals surface area contributed by atoms with Crippen LogP contribution in [-0.4, -0.2) is 10.1 Å². The summed E-state index contributed by atoms with van der Waals surface area (Å²) in [7, 11) is 0. The molecule has 1 saturated carbocycles. The molecule has 1 heterocycles. The van der Waals surface area contributed by atoms with Crippen molar-refractivity contribution in [3.05, 3.63) is 29.8 Å².